The molecule has 0 saturated heterocycles. The Morgan fingerprint density at radius 2 is 0.504 bits per heavy atom. The van der Waals surface area contributed by atoms with Gasteiger partial charge in [-0.05, 0) is 204 Å². The van der Waals surface area contributed by atoms with Gasteiger partial charge in [0.25, 0.3) is 11.9 Å². The molecule has 10 aromatic rings. The number of hydrogen-bond acceptors (Lipinski definition) is 19. The van der Waals surface area contributed by atoms with Crippen molar-refractivity contribution >= 4 is 117 Å². The minimum atomic E-state index is -0.847. The van der Waals surface area contributed by atoms with Crippen LogP contribution < -0.4 is 38.1 Å². The molecule has 0 aliphatic rings. The van der Waals surface area contributed by atoms with Gasteiger partial charge in [-0.1, -0.05) is 318 Å². The molecular formula is C113H155N7O16S3. The second-order valence-electron chi connectivity index (χ2n) is 30.6. The molecule has 0 bridgehead atoms. The predicted octanol–water partition coefficient (Wildman–Crippen LogP) is 21.9. The molecule has 0 aliphatic heterocycles. The van der Waals surface area contributed by atoms with Crippen molar-refractivity contribution in [3.05, 3.63) is 340 Å². The van der Waals surface area contributed by atoms with Crippen LogP contribution in [0.3, 0.4) is 0 Å². The van der Waals surface area contributed by atoms with Gasteiger partial charge >= 0.3 is 35.8 Å². The lowest BCUT2D eigenvalue weighted by molar-refractivity contribution is -0.143. The van der Waals surface area contributed by atoms with E-state index >= 15 is 0 Å². The van der Waals surface area contributed by atoms with Crippen LogP contribution in [0.1, 0.15) is 228 Å². The number of hydrogen-bond donors (Lipinski definition) is 9. The fourth-order valence-electron chi connectivity index (χ4n) is 13.3. The van der Waals surface area contributed by atoms with Crippen LogP contribution in [0.5, 0.6) is 0 Å². The number of rotatable bonds is 25. The zero-order chi connectivity index (χ0) is 106. The molecule has 139 heavy (non-hydrogen) atoms. The average molecular weight is 1960 g/mol. The highest BCUT2D eigenvalue weighted by Crippen LogP contribution is 2.23. The highest BCUT2D eigenvalue weighted by molar-refractivity contribution is 7.81. The second-order valence-corrected chi connectivity index (χ2v) is 31.8. The van der Waals surface area contributed by atoms with Crippen molar-refractivity contribution in [1.82, 2.24) is 21.3 Å². The first-order chi connectivity index (χ1) is 65.6. The van der Waals surface area contributed by atoms with E-state index in [0.29, 0.717) is 69.6 Å². The number of carboxylic acids is 2. The van der Waals surface area contributed by atoms with Crippen LogP contribution in [0, 0.1) is 90.0 Å². The topological polar surface area (TPSA) is 352 Å². The maximum absolute atomic E-state index is 12.6. The van der Waals surface area contributed by atoms with Gasteiger partial charge in [0.05, 0.1) is 41.1 Å². The van der Waals surface area contributed by atoms with Crippen molar-refractivity contribution < 1.29 is 77.0 Å². The van der Waals surface area contributed by atoms with E-state index in [0.717, 1.165) is 113 Å². The monoisotopic (exact) mass is 1960 g/mol. The molecule has 756 valence electrons. The number of aliphatic carboxylic acids is 1. The molecule has 0 saturated carbocycles. The Bertz CT molecular complexity index is 5020. The minimum Gasteiger partial charge on any atom is -0.481 e. The number of carbonyl (C=O) groups excluding carboxylic acids is 7. The lowest BCUT2D eigenvalue weighted by atomic mass is 10.0. The van der Waals surface area contributed by atoms with Gasteiger partial charge in [-0.3, -0.25) is 19.2 Å². The number of carboxylic acid groups (broad SMARTS) is 2. The molecule has 0 spiro atoms. The molecule has 2 amide bonds. The predicted molar refractivity (Wildman–Crippen MR) is 582 cm³/mol. The number of aromatic carboxylic acids is 1. The third-order valence-electron chi connectivity index (χ3n) is 20.0. The number of methoxy groups -OCH3 is 5. The Morgan fingerprint density at radius 3 is 0.719 bits per heavy atom. The number of ether oxygens (including phenoxy) is 5. The second kappa shape index (κ2) is 72.2. The van der Waals surface area contributed by atoms with Crippen molar-refractivity contribution in [2.45, 2.75) is 243 Å². The summed E-state index contributed by atoms with van der Waals surface area (Å²) >= 11 is 16.7. The van der Waals surface area contributed by atoms with Crippen LogP contribution in [-0.2, 0) is 89.4 Å². The van der Waals surface area contributed by atoms with Crippen LogP contribution in [0.2, 0.25) is 0 Å². The molecule has 23 nitrogen and oxygen atoms in total. The number of nitrogen functional groups attached to an aromatic ring is 1. The summed E-state index contributed by atoms with van der Waals surface area (Å²) in [5.41, 5.74) is 35.0. The number of nitrogens with two attached hydrogens (primary N) is 2. The van der Waals surface area contributed by atoms with Crippen molar-refractivity contribution in [2.24, 2.45) is 5.73 Å². The fourth-order valence-corrected chi connectivity index (χ4v) is 14.7. The van der Waals surface area contributed by atoms with E-state index in [-0.39, 0.29) is 43.1 Å². The third-order valence-corrected chi connectivity index (χ3v) is 21.0. The largest absolute Gasteiger partial charge is 0.481 e. The molecule has 26 heteroatoms. The van der Waals surface area contributed by atoms with Gasteiger partial charge in [-0.25, -0.2) is 24.0 Å². The average Bonchev–Trinajstić information content (AvgIpc) is 0.837. The molecule has 11 N–H and O–H groups in total. The number of esters is 5. The number of amides is 2. The summed E-state index contributed by atoms with van der Waals surface area (Å²) in [6, 6.07) is 64.9. The molecule has 0 radical (unpaired) electrons. The number of aryl methyl sites for hydroxylation is 13. The first kappa shape index (κ1) is 130. The van der Waals surface area contributed by atoms with Crippen molar-refractivity contribution in [3.63, 3.8) is 0 Å². The molecular weight excluding hydrogens is 1810 g/mol. The third kappa shape index (κ3) is 48.6. The Labute approximate surface area is 844 Å². The Kier molecular flexibility index (Phi) is 67.5. The van der Waals surface area contributed by atoms with Crippen molar-refractivity contribution in [2.75, 3.05) is 46.6 Å². The highest BCUT2D eigenvalue weighted by atomic mass is 32.1. The molecule has 0 fully saturated rings. The lowest BCUT2D eigenvalue weighted by Crippen LogP contribution is -2.43. The molecule has 5 unspecified atom stereocenters. The van der Waals surface area contributed by atoms with E-state index in [1.54, 1.807) is 38.1 Å². The van der Waals surface area contributed by atoms with Crippen LogP contribution in [0.15, 0.2) is 212 Å². The van der Waals surface area contributed by atoms with E-state index < -0.39 is 48.1 Å². The van der Waals surface area contributed by atoms with Gasteiger partial charge in [0.2, 0.25) is 5.91 Å². The maximum atomic E-state index is 12.6. The summed E-state index contributed by atoms with van der Waals surface area (Å²) in [6.45, 7) is 48.0. The number of anilines is 2. The van der Waals surface area contributed by atoms with Gasteiger partial charge in [-0.2, -0.15) is 0 Å². The molecule has 0 aromatic heterocycles. The fraction of sp³-hybridized carbons (Fsp3) is 0.363. The number of benzene rings is 10. The summed E-state index contributed by atoms with van der Waals surface area (Å²) in [5.74, 6) is -3.93. The number of thiocarbonyl (C=S) groups is 3. The zero-order valence-corrected chi connectivity index (χ0v) is 89.1. The smallest absolute Gasteiger partial charge is 0.336 e. The SMILES string of the molecule is C.CC.CC.CC.CC.CC.CC(=O)O.COC(=O)C(Cc1ccc(C)cc1)NC(=O)c1c(C)cccc1C.COC(=O)C(Cc1ccc(C)cc1)NC(=S)c1c(C)cccc1C.COC(=O)C(Cc1ccc(N)cc1)NC(=S)c1c(C)cccc1C.COC(=O)C(Cc1ccc(NC(C)=O)cc1)NC(=S)c1c(C)cccc1C.COC(=O)C(N)Cc1ccc(C)cc1.Cc1cccc(C)c1C(=O)O. The maximum Gasteiger partial charge on any atom is 0.336 e. The van der Waals surface area contributed by atoms with Gasteiger partial charge in [-0.15, -0.1) is 0 Å². The quantitative estimate of drug-likeness (QED) is 0.0111. The Morgan fingerprint density at radius 1 is 0.302 bits per heavy atom. The van der Waals surface area contributed by atoms with Gasteiger partial charge < -0.3 is 71.9 Å². The van der Waals surface area contributed by atoms with E-state index in [1.165, 1.54) is 53.6 Å². The van der Waals surface area contributed by atoms with Crippen LogP contribution >= 0.6 is 36.7 Å². The normalized spacial score (nSPS) is 10.6. The van der Waals surface area contributed by atoms with Gasteiger partial charge in [0, 0.05) is 73.2 Å². The van der Waals surface area contributed by atoms with Crippen LogP contribution in [0.25, 0.3) is 0 Å². The standard InChI is InChI=1S/C21H24N2O3S.C20H23NO3.C20H23NO2S.C19H22N2O2S.C11H15NO2.C9H10O2.C2H4O2.5C2H6.CH4/c1-13-6-5-7-14(2)19(13)20(27)23-18(21(25)26-4)12-16-8-10-17(11-9-16)22-15(3)24;1-13-8-10-16(11-9-13)12-17(20(23)24-4)21-19(22)18-14(2)6-5-7-15(18)3;1-13-8-10-16(11-9-13)12-17(20(22)23-4)21-19(24)18-14(2)6-5-7-15(18)3;1-12-5-4-6-13(2)17(12)18(24)21-16(19(22)23-3)11-14-7-9-15(20)10-8-14;1-8-3-5-9(6-4-8)7-10(12)11(13)14-2;1-6-4-3-5-7(2)8(6)9(10)11;1-2(3)4;5*1-2;/h5-11,18H,12H2,1-4H3,(H,22,24)(H,23,27);5-11,17H,12H2,1-4H3,(H,21,22);5-11,17H,12H2,1-4H3,(H,21,24);4-10,16H,11,20H2,1-3H3,(H,21,24);3-6,10H,7,12H2,1-2H3;3-5H,1-2H3,(H,10,11);1H3,(H,3,4);5*1-2H3;1H4. The minimum absolute atomic E-state index is 0. The van der Waals surface area contributed by atoms with E-state index in [9.17, 15) is 38.4 Å². The Hall–Kier alpha value is -13.1. The summed E-state index contributed by atoms with van der Waals surface area (Å²) in [7, 11) is 6.81. The number of carbonyl (C=O) groups is 9. The number of nitrogens with one attached hydrogen (secondary N) is 5. The first-order valence-corrected chi connectivity index (χ1v) is 47.3. The van der Waals surface area contributed by atoms with E-state index in [2.05, 4.69) is 31.3 Å². The summed E-state index contributed by atoms with van der Waals surface area (Å²) < 4.78 is 24.2. The van der Waals surface area contributed by atoms with Gasteiger partial charge in [0.1, 0.15) is 45.2 Å². The van der Waals surface area contributed by atoms with Gasteiger partial charge in [0.15, 0.2) is 0 Å². The van der Waals surface area contributed by atoms with Crippen LogP contribution in [0.4, 0.5) is 11.4 Å². The summed E-state index contributed by atoms with van der Waals surface area (Å²) in [4.78, 5) is 105. The summed E-state index contributed by atoms with van der Waals surface area (Å²) in [5, 5.41) is 31.2. The first-order valence-electron chi connectivity index (χ1n) is 46.1. The highest BCUT2D eigenvalue weighted by Gasteiger charge is 2.28. The van der Waals surface area contributed by atoms with Crippen molar-refractivity contribution in [1.29, 1.82) is 0 Å². The molecule has 10 rings (SSSR count). The molecule has 10 aromatic carbocycles. The molecule has 5 atom stereocenters. The van der Waals surface area contributed by atoms with Crippen LogP contribution in [-0.4, -0.2) is 145 Å². The summed E-state index contributed by atoms with van der Waals surface area (Å²) in [6.07, 6.45) is 2.32. The van der Waals surface area contributed by atoms with E-state index in [4.69, 9.17) is 82.1 Å². The zero-order valence-electron chi connectivity index (χ0n) is 86.6. The lowest BCUT2D eigenvalue weighted by Gasteiger charge is -2.20. The van der Waals surface area contributed by atoms with E-state index in [1.807, 2.05) is 333 Å². The van der Waals surface area contributed by atoms with Crippen molar-refractivity contribution in [3.8, 4) is 0 Å². The molecule has 0 heterocycles. The molecule has 0 aliphatic carbocycles. The Balaban J connectivity index is -0.00000158.